The summed E-state index contributed by atoms with van der Waals surface area (Å²) >= 11 is 0. The highest BCUT2D eigenvalue weighted by Gasteiger charge is 2.44. The number of hydrogen-bond acceptors (Lipinski definition) is 10. The molecule has 1 aliphatic heterocycles. The second kappa shape index (κ2) is 43.6. The van der Waals surface area contributed by atoms with E-state index in [4.69, 9.17) is 9.47 Å². The Bertz CT molecular complexity index is 1150. The minimum absolute atomic E-state index is 0.237. The summed E-state index contributed by atoms with van der Waals surface area (Å²) in [5.74, 6) is -0.719. The number of carbonyl (C=O) groups excluding carboxylic acids is 1. The van der Waals surface area contributed by atoms with Crippen LogP contribution in [0.1, 0.15) is 232 Å². The number of aliphatic hydroxyl groups is 7. The zero-order valence-corrected chi connectivity index (χ0v) is 41.5. The lowest BCUT2D eigenvalue weighted by atomic mass is 9.98. The van der Waals surface area contributed by atoms with Gasteiger partial charge in [-0.3, -0.25) is 4.79 Å². The summed E-state index contributed by atoms with van der Waals surface area (Å²) < 4.78 is 11.1. The third kappa shape index (κ3) is 32.7. The van der Waals surface area contributed by atoms with Crippen LogP contribution in [0.4, 0.5) is 0 Å². The molecule has 9 unspecified atom stereocenters. The number of ether oxygens (including phenoxy) is 2. The highest BCUT2D eigenvalue weighted by molar-refractivity contribution is 5.80. The molecule has 1 saturated heterocycles. The maximum absolute atomic E-state index is 13.1. The molecular formula is C54H101NO10. The van der Waals surface area contributed by atoms with Crippen molar-refractivity contribution in [3.05, 3.63) is 36.5 Å². The van der Waals surface area contributed by atoms with Crippen molar-refractivity contribution in [1.29, 1.82) is 0 Å². The average Bonchev–Trinajstić information content (AvgIpc) is 3.31. The van der Waals surface area contributed by atoms with E-state index in [1.165, 1.54) is 135 Å². The zero-order valence-electron chi connectivity index (χ0n) is 41.5. The van der Waals surface area contributed by atoms with Gasteiger partial charge >= 0.3 is 0 Å². The fourth-order valence-corrected chi connectivity index (χ4v) is 8.45. The standard InChI is InChI=1S/C54H101NO10/c1-3-5-7-9-11-13-15-17-19-20-21-22-23-24-25-26-28-29-31-33-35-37-39-41-46(57)49(59)45(44-64-54-52(62)51(61)50(60)48(43-56)65-54)55-53(63)47(58)42-40-38-36-34-32-30-27-18-16-14-12-10-8-6-4-2/h26-28,30,33,35,45-52,54,56-62H,3-25,29,31-32,34,36-44H2,1-2H3,(H,55,63)/b28-26+,30-27-,35-33+. The third-order valence-electron chi connectivity index (χ3n) is 12.9. The molecule has 0 aliphatic carbocycles. The molecule has 0 aromatic carbocycles. The van der Waals surface area contributed by atoms with E-state index in [9.17, 15) is 40.5 Å². The van der Waals surface area contributed by atoms with Crippen LogP contribution >= 0.6 is 0 Å². The lowest BCUT2D eigenvalue weighted by molar-refractivity contribution is -0.303. The predicted octanol–water partition coefficient (Wildman–Crippen LogP) is 10.3. The topological polar surface area (TPSA) is 189 Å². The van der Waals surface area contributed by atoms with Gasteiger partial charge in [0.1, 0.15) is 36.6 Å². The smallest absolute Gasteiger partial charge is 0.249 e. The summed E-state index contributed by atoms with van der Waals surface area (Å²) in [6, 6.07) is -1.20. The van der Waals surface area contributed by atoms with Gasteiger partial charge in [0.15, 0.2) is 6.29 Å². The van der Waals surface area contributed by atoms with E-state index in [1.807, 2.05) is 0 Å². The first-order valence-corrected chi connectivity index (χ1v) is 26.9. The van der Waals surface area contributed by atoms with Gasteiger partial charge in [-0.05, 0) is 77.0 Å². The van der Waals surface area contributed by atoms with Crippen LogP contribution in [0.5, 0.6) is 0 Å². The fraction of sp³-hybridized carbons (Fsp3) is 0.870. The van der Waals surface area contributed by atoms with E-state index in [-0.39, 0.29) is 12.8 Å². The molecule has 0 saturated carbocycles. The minimum Gasteiger partial charge on any atom is -0.394 e. The van der Waals surface area contributed by atoms with Crippen molar-refractivity contribution in [2.45, 2.75) is 287 Å². The number of nitrogens with one attached hydrogen (secondary N) is 1. The first kappa shape index (κ1) is 61.3. The summed E-state index contributed by atoms with van der Waals surface area (Å²) in [4.78, 5) is 13.1. The number of carbonyl (C=O) groups is 1. The van der Waals surface area contributed by atoms with Crippen LogP contribution in [-0.4, -0.2) is 110 Å². The molecule has 8 N–H and O–H groups in total. The Labute approximate surface area is 397 Å². The number of rotatable bonds is 45. The van der Waals surface area contributed by atoms with Gasteiger partial charge < -0.3 is 50.5 Å². The second-order valence-electron chi connectivity index (χ2n) is 18.9. The summed E-state index contributed by atoms with van der Waals surface area (Å²) in [5.41, 5.74) is 0. The van der Waals surface area contributed by atoms with Gasteiger partial charge in [0.05, 0.1) is 25.4 Å². The average molecular weight is 924 g/mol. The quantitative estimate of drug-likeness (QED) is 0.0216. The van der Waals surface area contributed by atoms with E-state index in [0.717, 1.165) is 51.4 Å². The first-order chi connectivity index (χ1) is 31.7. The zero-order chi connectivity index (χ0) is 47.6. The van der Waals surface area contributed by atoms with Gasteiger partial charge in [-0.25, -0.2) is 0 Å². The Hall–Kier alpha value is -1.67. The molecule has 0 aromatic heterocycles. The number of aliphatic hydroxyl groups excluding tert-OH is 7. The van der Waals surface area contributed by atoms with Crippen molar-refractivity contribution in [3.63, 3.8) is 0 Å². The Kier molecular flexibility index (Phi) is 41.1. The van der Waals surface area contributed by atoms with Crippen LogP contribution in [0.2, 0.25) is 0 Å². The highest BCUT2D eigenvalue weighted by Crippen LogP contribution is 2.23. The van der Waals surface area contributed by atoms with Crippen LogP contribution in [0.3, 0.4) is 0 Å². The molecule has 65 heavy (non-hydrogen) atoms. The molecule has 0 bridgehead atoms. The molecule has 0 aromatic rings. The summed E-state index contributed by atoms with van der Waals surface area (Å²) in [5, 5.41) is 75.9. The second-order valence-corrected chi connectivity index (χ2v) is 18.9. The lowest BCUT2D eigenvalue weighted by Crippen LogP contribution is -2.60. The SMILES string of the molecule is CCCCCCCCC/C=C\CCCCCCC(O)C(=O)NC(COC1OC(CO)C(O)C(O)C1O)C(O)C(O)CCC/C=C/CC/C=C/CCCCCCCCCCCCCCCC. The van der Waals surface area contributed by atoms with Crippen molar-refractivity contribution in [2.75, 3.05) is 13.2 Å². The van der Waals surface area contributed by atoms with Gasteiger partial charge in [0.25, 0.3) is 0 Å². The number of amides is 1. The van der Waals surface area contributed by atoms with E-state index >= 15 is 0 Å². The summed E-state index contributed by atoms with van der Waals surface area (Å²) in [6.07, 6.45) is 40.6. The molecule has 0 spiro atoms. The van der Waals surface area contributed by atoms with E-state index < -0.39 is 74.2 Å². The van der Waals surface area contributed by atoms with Crippen LogP contribution in [0.15, 0.2) is 36.5 Å². The monoisotopic (exact) mass is 924 g/mol. The molecule has 0 radical (unpaired) electrons. The summed E-state index contributed by atoms with van der Waals surface area (Å²) in [7, 11) is 0. The molecule has 1 aliphatic rings. The Morgan fingerprint density at radius 3 is 1.37 bits per heavy atom. The Morgan fingerprint density at radius 2 is 0.923 bits per heavy atom. The third-order valence-corrected chi connectivity index (χ3v) is 12.9. The van der Waals surface area contributed by atoms with Crippen molar-refractivity contribution in [1.82, 2.24) is 5.32 Å². The maximum Gasteiger partial charge on any atom is 0.249 e. The van der Waals surface area contributed by atoms with Gasteiger partial charge in [-0.1, -0.05) is 192 Å². The Morgan fingerprint density at radius 1 is 0.523 bits per heavy atom. The first-order valence-electron chi connectivity index (χ1n) is 26.9. The minimum atomic E-state index is -1.67. The van der Waals surface area contributed by atoms with Crippen LogP contribution in [0, 0.1) is 0 Å². The van der Waals surface area contributed by atoms with Crippen molar-refractivity contribution < 1.29 is 50.0 Å². The number of allylic oxidation sites excluding steroid dienone is 6. The number of unbranched alkanes of at least 4 members (excludes halogenated alkanes) is 27. The normalized spacial score (nSPS) is 21.2. The van der Waals surface area contributed by atoms with Crippen molar-refractivity contribution >= 4 is 5.91 Å². The van der Waals surface area contributed by atoms with Gasteiger partial charge in [0.2, 0.25) is 5.91 Å². The summed E-state index contributed by atoms with van der Waals surface area (Å²) in [6.45, 7) is 3.43. The van der Waals surface area contributed by atoms with Crippen molar-refractivity contribution in [3.8, 4) is 0 Å². The molecule has 9 atom stereocenters. The fourth-order valence-electron chi connectivity index (χ4n) is 8.45. The molecule has 1 heterocycles. The molecule has 1 rings (SSSR count). The molecule has 1 amide bonds. The van der Waals surface area contributed by atoms with Crippen LogP contribution in [-0.2, 0) is 14.3 Å². The van der Waals surface area contributed by atoms with Crippen molar-refractivity contribution in [2.24, 2.45) is 0 Å². The predicted molar refractivity (Wildman–Crippen MR) is 265 cm³/mol. The number of hydrogen-bond donors (Lipinski definition) is 8. The largest absolute Gasteiger partial charge is 0.394 e. The van der Waals surface area contributed by atoms with Crippen LogP contribution in [0.25, 0.3) is 0 Å². The molecule has 11 nitrogen and oxygen atoms in total. The van der Waals surface area contributed by atoms with Gasteiger partial charge in [0, 0.05) is 0 Å². The van der Waals surface area contributed by atoms with E-state index in [0.29, 0.717) is 19.3 Å². The molecule has 11 heteroatoms. The Balaban J connectivity index is 2.40. The molecule has 382 valence electrons. The van der Waals surface area contributed by atoms with E-state index in [2.05, 4.69) is 55.6 Å². The molecular weight excluding hydrogens is 823 g/mol. The van der Waals surface area contributed by atoms with Gasteiger partial charge in [-0.2, -0.15) is 0 Å². The van der Waals surface area contributed by atoms with E-state index in [1.54, 1.807) is 0 Å². The van der Waals surface area contributed by atoms with Gasteiger partial charge in [-0.15, -0.1) is 0 Å². The maximum atomic E-state index is 13.1. The lowest BCUT2D eigenvalue weighted by Gasteiger charge is -2.40. The molecule has 1 fully saturated rings. The highest BCUT2D eigenvalue weighted by atomic mass is 16.7. The van der Waals surface area contributed by atoms with Crippen LogP contribution < -0.4 is 5.32 Å².